The highest BCUT2D eigenvalue weighted by molar-refractivity contribution is 8.00. The highest BCUT2D eigenvalue weighted by Gasteiger charge is 2.29. The van der Waals surface area contributed by atoms with Gasteiger partial charge in [-0.15, -0.1) is 11.8 Å². The lowest BCUT2D eigenvalue weighted by atomic mass is 10.1. The van der Waals surface area contributed by atoms with E-state index in [9.17, 15) is 9.18 Å². The summed E-state index contributed by atoms with van der Waals surface area (Å²) in [7, 11) is 0. The summed E-state index contributed by atoms with van der Waals surface area (Å²) < 4.78 is 13.2. The predicted octanol–water partition coefficient (Wildman–Crippen LogP) is 4.55. The predicted molar refractivity (Wildman–Crippen MR) is 92.1 cm³/mol. The van der Waals surface area contributed by atoms with Gasteiger partial charge < -0.3 is 5.32 Å². The van der Waals surface area contributed by atoms with E-state index in [1.54, 1.807) is 12.1 Å². The molecule has 0 spiro atoms. The number of aryl methyl sites for hydroxylation is 2. The molecule has 2 aromatic carbocycles. The van der Waals surface area contributed by atoms with E-state index in [1.807, 2.05) is 6.07 Å². The molecule has 1 N–H and O–H groups in total. The molecule has 0 heterocycles. The smallest absolute Gasteiger partial charge is 0.238 e. The van der Waals surface area contributed by atoms with Gasteiger partial charge in [0.25, 0.3) is 0 Å². The summed E-state index contributed by atoms with van der Waals surface area (Å²) >= 11 is 1.51. The number of benzene rings is 2. The maximum absolute atomic E-state index is 13.2. The first-order valence-electron chi connectivity index (χ1n) is 7.82. The quantitative estimate of drug-likeness (QED) is 0.815. The Kier molecular flexibility index (Phi) is 4.71. The Hall–Kier alpha value is -1.81. The maximum Gasteiger partial charge on any atom is 0.238 e. The molecule has 1 atom stereocenters. The number of hydrogen-bond donors (Lipinski definition) is 1. The van der Waals surface area contributed by atoms with Gasteiger partial charge in [0.2, 0.25) is 5.91 Å². The van der Waals surface area contributed by atoms with Gasteiger partial charge in [-0.25, -0.2) is 4.39 Å². The number of amides is 1. The van der Waals surface area contributed by atoms with E-state index in [2.05, 4.69) is 31.3 Å². The summed E-state index contributed by atoms with van der Waals surface area (Å²) in [4.78, 5) is 13.7. The van der Waals surface area contributed by atoms with Gasteiger partial charge in [0, 0.05) is 10.9 Å². The van der Waals surface area contributed by atoms with E-state index in [4.69, 9.17) is 0 Å². The molecule has 1 amide bonds. The zero-order valence-electron chi connectivity index (χ0n) is 13.3. The minimum absolute atomic E-state index is 0.00216. The molecule has 23 heavy (non-hydrogen) atoms. The number of hydrogen-bond acceptors (Lipinski definition) is 2. The fraction of sp³-hybridized carbons (Fsp3) is 0.316. The first kappa shape index (κ1) is 16.1. The van der Waals surface area contributed by atoms with E-state index in [-0.39, 0.29) is 17.0 Å². The van der Waals surface area contributed by atoms with Gasteiger partial charge >= 0.3 is 0 Å². The van der Waals surface area contributed by atoms with Gasteiger partial charge in [-0.2, -0.15) is 0 Å². The lowest BCUT2D eigenvalue weighted by Gasteiger charge is -2.17. The van der Waals surface area contributed by atoms with Gasteiger partial charge in [0.05, 0.1) is 0 Å². The molecule has 0 saturated heterocycles. The van der Waals surface area contributed by atoms with Crippen molar-refractivity contribution in [2.75, 3.05) is 0 Å². The minimum atomic E-state index is -0.363. The van der Waals surface area contributed by atoms with Gasteiger partial charge in [-0.05, 0) is 67.6 Å². The van der Waals surface area contributed by atoms with Crippen LogP contribution < -0.4 is 5.32 Å². The number of carbonyl (C=O) groups is 1. The highest BCUT2D eigenvalue weighted by Crippen LogP contribution is 2.37. The molecule has 0 bridgehead atoms. The van der Waals surface area contributed by atoms with Crippen molar-refractivity contribution in [2.45, 2.75) is 42.9 Å². The lowest BCUT2D eigenvalue weighted by Crippen LogP contribution is -2.29. The van der Waals surface area contributed by atoms with Crippen molar-refractivity contribution in [2.24, 2.45) is 0 Å². The van der Waals surface area contributed by atoms with Gasteiger partial charge in [-0.3, -0.25) is 4.79 Å². The number of thioether (sulfide) groups is 1. The molecule has 1 saturated carbocycles. The van der Waals surface area contributed by atoms with Crippen molar-refractivity contribution in [1.29, 1.82) is 0 Å². The molecule has 0 radical (unpaired) electrons. The number of halogens is 1. The molecular weight excluding hydrogens is 309 g/mol. The summed E-state index contributed by atoms with van der Waals surface area (Å²) in [5.74, 6) is -0.284. The average Bonchev–Trinajstić information content (AvgIpc) is 3.33. The Bertz CT molecular complexity index is 710. The second-order valence-corrected chi connectivity index (χ2v) is 7.26. The summed E-state index contributed by atoms with van der Waals surface area (Å²) in [5, 5.41) is 2.70. The average molecular weight is 329 g/mol. The SMILES string of the molecule is Cc1ccc(SC(C(=O)NC2CC2)c2ccc(F)cc2)cc1C. The second-order valence-electron chi connectivity index (χ2n) is 6.08. The van der Waals surface area contributed by atoms with Crippen molar-refractivity contribution in [3.8, 4) is 0 Å². The number of rotatable bonds is 5. The van der Waals surface area contributed by atoms with E-state index in [1.165, 1.54) is 35.0 Å². The van der Waals surface area contributed by atoms with Crippen molar-refractivity contribution < 1.29 is 9.18 Å². The van der Waals surface area contributed by atoms with Crippen LogP contribution in [-0.4, -0.2) is 11.9 Å². The van der Waals surface area contributed by atoms with Crippen LogP contribution in [0.25, 0.3) is 0 Å². The second kappa shape index (κ2) is 6.75. The van der Waals surface area contributed by atoms with Crippen LogP contribution in [0.15, 0.2) is 47.4 Å². The Morgan fingerprint density at radius 2 is 1.83 bits per heavy atom. The van der Waals surface area contributed by atoms with E-state index >= 15 is 0 Å². The molecule has 3 rings (SSSR count). The van der Waals surface area contributed by atoms with E-state index in [0.29, 0.717) is 6.04 Å². The molecule has 120 valence electrons. The molecule has 0 aliphatic heterocycles. The van der Waals surface area contributed by atoms with Crippen LogP contribution in [0, 0.1) is 19.7 Å². The summed E-state index contributed by atoms with van der Waals surface area (Å²) in [6.07, 6.45) is 2.10. The van der Waals surface area contributed by atoms with Crippen molar-refractivity contribution in [3.63, 3.8) is 0 Å². The minimum Gasteiger partial charge on any atom is -0.352 e. The summed E-state index contributed by atoms with van der Waals surface area (Å²) in [6, 6.07) is 12.7. The van der Waals surface area contributed by atoms with Crippen LogP contribution in [0.4, 0.5) is 4.39 Å². The Labute approximate surface area is 140 Å². The highest BCUT2D eigenvalue weighted by atomic mass is 32.2. The molecule has 1 fully saturated rings. The third kappa shape index (κ3) is 4.14. The lowest BCUT2D eigenvalue weighted by molar-refractivity contribution is -0.120. The molecule has 1 aliphatic rings. The molecule has 2 nitrogen and oxygen atoms in total. The zero-order chi connectivity index (χ0) is 16.4. The number of carbonyl (C=O) groups excluding carboxylic acids is 1. The van der Waals surface area contributed by atoms with Crippen molar-refractivity contribution >= 4 is 17.7 Å². The van der Waals surface area contributed by atoms with Crippen LogP contribution in [-0.2, 0) is 4.79 Å². The largest absolute Gasteiger partial charge is 0.352 e. The molecule has 0 aromatic heterocycles. The number of nitrogens with one attached hydrogen (secondary N) is 1. The van der Waals surface area contributed by atoms with Crippen LogP contribution in [0.3, 0.4) is 0 Å². The normalized spacial score (nSPS) is 15.3. The monoisotopic (exact) mass is 329 g/mol. The first-order chi connectivity index (χ1) is 11.0. The standard InChI is InChI=1S/C19H20FNOS/c1-12-3-10-17(11-13(12)2)23-18(19(22)21-16-8-9-16)14-4-6-15(20)7-5-14/h3-7,10-11,16,18H,8-9H2,1-2H3,(H,21,22). The topological polar surface area (TPSA) is 29.1 Å². The van der Waals surface area contributed by atoms with Crippen molar-refractivity contribution in [3.05, 3.63) is 65.0 Å². The Morgan fingerprint density at radius 3 is 2.43 bits per heavy atom. The Balaban J connectivity index is 1.85. The molecule has 4 heteroatoms. The summed E-state index contributed by atoms with van der Waals surface area (Å²) in [6.45, 7) is 4.14. The van der Waals surface area contributed by atoms with Gasteiger partial charge in [0.15, 0.2) is 0 Å². The third-order valence-corrected chi connectivity index (χ3v) is 5.31. The van der Waals surface area contributed by atoms with Crippen LogP contribution in [0.5, 0.6) is 0 Å². The summed E-state index contributed by atoms with van der Waals surface area (Å²) in [5.41, 5.74) is 3.26. The zero-order valence-corrected chi connectivity index (χ0v) is 14.1. The molecular formula is C19H20FNOS. The van der Waals surface area contributed by atoms with Crippen LogP contribution >= 0.6 is 11.8 Å². The van der Waals surface area contributed by atoms with Crippen molar-refractivity contribution in [1.82, 2.24) is 5.32 Å². The first-order valence-corrected chi connectivity index (χ1v) is 8.70. The van der Waals surface area contributed by atoms with Crippen LogP contribution in [0.1, 0.15) is 34.8 Å². The van der Waals surface area contributed by atoms with Gasteiger partial charge in [0.1, 0.15) is 11.1 Å². The third-order valence-electron chi connectivity index (χ3n) is 4.07. The van der Waals surface area contributed by atoms with E-state index < -0.39 is 0 Å². The fourth-order valence-electron chi connectivity index (χ4n) is 2.34. The molecule has 1 unspecified atom stereocenters. The molecule has 2 aromatic rings. The van der Waals surface area contributed by atoms with Crippen LogP contribution in [0.2, 0.25) is 0 Å². The fourth-order valence-corrected chi connectivity index (χ4v) is 3.47. The van der Waals surface area contributed by atoms with Gasteiger partial charge in [-0.1, -0.05) is 18.2 Å². The maximum atomic E-state index is 13.2. The molecule has 1 aliphatic carbocycles. The van der Waals surface area contributed by atoms with E-state index in [0.717, 1.165) is 23.3 Å². The Morgan fingerprint density at radius 1 is 1.13 bits per heavy atom.